The molecule has 1 aromatic rings. The van der Waals surface area contributed by atoms with Crippen LogP contribution in [-0.4, -0.2) is 17.3 Å². The molecular weight excluding hydrogens is 346 g/mol. The monoisotopic (exact) mass is 361 g/mol. The Morgan fingerprint density at radius 2 is 2.18 bits per heavy atom. The molecular formula is C13H17Br2NO. The molecule has 0 aliphatic heterocycles. The maximum atomic E-state index is 12.1. The molecule has 1 atom stereocenters. The van der Waals surface area contributed by atoms with Gasteiger partial charge in [0.15, 0.2) is 0 Å². The minimum absolute atomic E-state index is 0.0107. The van der Waals surface area contributed by atoms with E-state index in [1.165, 1.54) is 0 Å². The van der Waals surface area contributed by atoms with Crippen LogP contribution in [-0.2, 0) is 0 Å². The van der Waals surface area contributed by atoms with Crippen LogP contribution in [0.15, 0.2) is 22.7 Å². The van der Waals surface area contributed by atoms with Crippen molar-refractivity contribution >= 4 is 37.8 Å². The number of amides is 1. The van der Waals surface area contributed by atoms with Gasteiger partial charge in [-0.05, 0) is 37.5 Å². The molecule has 1 unspecified atom stereocenters. The number of rotatable bonds is 5. The summed E-state index contributed by atoms with van der Waals surface area (Å²) in [5.74, 6) is 0.0107. The van der Waals surface area contributed by atoms with Gasteiger partial charge in [-0.15, -0.1) is 0 Å². The second-order valence-electron chi connectivity index (χ2n) is 3.97. The topological polar surface area (TPSA) is 29.1 Å². The first-order valence-corrected chi connectivity index (χ1v) is 7.63. The van der Waals surface area contributed by atoms with Crippen molar-refractivity contribution in [2.75, 3.05) is 5.33 Å². The molecule has 0 saturated carbocycles. The van der Waals surface area contributed by atoms with E-state index >= 15 is 0 Å². The molecule has 0 aliphatic carbocycles. The molecule has 0 aliphatic rings. The molecule has 4 heteroatoms. The molecule has 1 aromatic carbocycles. The highest BCUT2D eigenvalue weighted by atomic mass is 79.9. The average Bonchev–Trinajstić information content (AvgIpc) is 2.31. The number of hydrogen-bond acceptors (Lipinski definition) is 1. The third kappa shape index (κ3) is 4.11. The summed E-state index contributed by atoms with van der Waals surface area (Å²) in [5.41, 5.74) is 1.73. The Kier molecular flexibility index (Phi) is 6.20. The van der Waals surface area contributed by atoms with Crippen LogP contribution in [0.3, 0.4) is 0 Å². The second kappa shape index (κ2) is 7.17. The van der Waals surface area contributed by atoms with Gasteiger partial charge in [0.2, 0.25) is 0 Å². The van der Waals surface area contributed by atoms with Gasteiger partial charge in [-0.2, -0.15) is 0 Å². The number of nitrogens with one attached hydrogen (secondary N) is 1. The van der Waals surface area contributed by atoms with Crippen LogP contribution in [0.1, 0.15) is 35.7 Å². The summed E-state index contributed by atoms with van der Waals surface area (Å²) in [6.07, 6.45) is 1.90. The molecule has 0 spiro atoms. The number of alkyl halides is 1. The Labute approximate surface area is 119 Å². The summed E-state index contributed by atoms with van der Waals surface area (Å²) in [7, 11) is 0. The maximum Gasteiger partial charge on any atom is 0.251 e. The predicted molar refractivity (Wildman–Crippen MR) is 78.8 cm³/mol. The van der Waals surface area contributed by atoms with Crippen LogP contribution in [0.25, 0.3) is 0 Å². The fourth-order valence-electron chi connectivity index (χ4n) is 1.63. The highest BCUT2D eigenvalue weighted by Gasteiger charge is 2.14. The quantitative estimate of drug-likeness (QED) is 0.786. The predicted octanol–water partition coefficient (Wildman–Crippen LogP) is 4.05. The largest absolute Gasteiger partial charge is 0.349 e. The molecule has 0 aromatic heterocycles. The van der Waals surface area contributed by atoms with Crippen molar-refractivity contribution in [3.05, 3.63) is 33.8 Å². The van der Waals surface area contributed by atoms with Gasteiger partial charge in [0.05, 0.1) is 0 Å². The normalized spacial score (nSPS) is 12.2. The van der Waals surface area contributed by atoms with E-state index in [0.29, 0.717) is 0 Å². The molecule has 0 fully saturated rings. The van der Waals surface area contributed by atoms with E-state index < -0.39 is 0 Å². The van der Waals surface area contributed by atoms with Gasteiger partial charge in [0.25, 0.3) is 5.91 Å². The van der Waals surface area contributed by atoms with Crippen molar-refractivity contribution < 1.29 is 4.79 Å². The van der Waals surface area contributed by atoms with Crippen molar-refractivity contribution in [1.82, 2.24) is 5.32 Å². The molecule has 2 nitrogen and oxygen atoms in total. The Bertz CT molecular complexity index is 393. The number of benzene rings is 1. The summed E-state index contributed by atoms with van der Waals surface area (Å²) < 4.78 is 0.971. The highest BCUT2D eigenvalue weighted by molar-refractivity contribution is 9.10. The van der Waals surface area contributed by atoms with Gasteiger partial charge in [-0.3, -0.25) is 4.79 Å². The van der Waals surface area contributed by atoms with E-state index in [9.17, 15) is 4.79 Å². The minimum atomic E-state index is 0.0107. The lowest BCUT2D eigenvalue weighted by atomic mass is 10.1. The third-order valence-electron chi connectivity index (χ3n) is 2.80. The number of carbonyl (C=O) groups excluding carboxylic acids is 1. The summed E-state index contributed by atoms with van der Waals surface area (Å²) >= 11 is 6.85. The lowest BCUT2D eigenvalue weighted by Crippen LogP contribution is -2.35. The van der Waals surface area contributed by atoms with Crippen molar-refractivity contribution in [3.8, 4) is 0 Å². The fourth-order valence-corrected chi connectivity index (χ4v) is 2.55. The van der Waals surface area contributed by atoms with E-state index in [1.807, 2.05) is 25.1 Å². The Morgan fingerprint density at radius 3 is 2.76 bits per heavy atom. The zero-order valence-electron chi connectivity index (χ0n) is 10.1. The van der Waals surface area contributed by atoms with Crippen LogP contribution in [0.2, 0.25) is 0 Å². The first-order valence-electron chi connectivity index (χ1n) is 5.72. The minimum Gasteiger partial charge on any atom is -0.349 e. The van der Waals surface area contributed by atoms with Crippen molar-refractivity contribution in [1.29, 1.82) is 0 Å². The van der Waals surface area contributed by atoms with Gasteiger partial charge < -0.3 is 5.32 Å². The van der Waals surface area contributed by atoms with Crippen LogP contribution in [0, 0.1) is 6.92 Å². The van der Waals surface area contributed by atoms with E-state index in [-0.39, 0.29) is 11.9 Å². The zero-order valence-corrected chi connectivity index (χ0v) is 13.3. The molecule has 1 amide bonds. The standard InChI is InChI=1S/C13H17Br2NO/c1-3-10(7-8-14)16-13(17)11-5-4-6-12(15)9(11)2/h4-6,10H,3,7-8H2,1-2H3,(H,16,17). The summed E-state index contributed by atoms with van der Waals surface area (Å²) in [6.45, 7) is 4.03. The molecule has 17 heavy (non-hydrogen) atoms. The van der Waals surface area contributed by atoms with Crippen molar-refractivity contribution in [2.45, 2.75) is 32.7 Å². The molecule has 1 N–H and O–H groups in total. The van der Waals surface area contributed by atoms with Crippen LogP contribution in [0.4, 0.5) is 0 Å². The molecule has 0 bridgehead atoms. The van der Waals surface area contributed by atoms with Gasteiger partial charge >= 0.3 is 0 Å². The van der Waals surface area contributed by atoms with Gasteiger partial charge in [0.1, 0.15) is 0 Å². The lowest BCUT2D eigenvalue weighted by Gasteiger charge is -2.16. The highest BCUT2D eigenvalue weighted by Crippen LogP contribution is 2.19. The smallest absolute Gasteiger partial charge is 0.251 e. The molecule has 1 rings (SSSR count). The lowest BCUT2D eigenvalue weighted by molar-refractivity contribution is 0.0934. The molecule has 0 saturated heterocycles. The second-order valence-corrected chi connectivity index (χ2v) is 5.62. The van der Waals surface area contributed by atoms with Crippen molar-refractivity contribution in [3.63, 3.8) is 0 Å². The van der Waals surface area contributed by atoms with E-state index in [0.717, 1.165) is 33.8 Å². The number of halogens is 2. The fraction of sp³-hybridized carbons (Fsp3) is 0.462. The maximum absolute atomic E-state index is 12.1. The van der Waals surface area contributed by atoms with Gasteiger partial charge in [0, 0.05) is 21.4 Å². The van der Waals surface area contributed by atoms with Gasteiger partial charge in [-0.25, -0.2) is 0 Å². The van der Waals surface area contributed by atoms with Gasteiger partial charge in [-0.1, -0.05) is 44.8 Å². The first-order chi connectivity index (χ1) is 8.10. The van der Waals surface area contributed by atoms with Crippen LogP contribution < -0.4 is 5.32 Å². The van der Waals surface area contributed by atoms with E-state index in [4.69, 9.17) is 0 Å². The number of carbonyl (C=O) groups is 1. The zero-order chi connectivity index (χ0) is 12.8. The SMILES string of the molecule is CCC(CCBr)NC(=O)c1cccc(Br)c1C. The summed E-state index contributed by atoms with van der Waals surface area (Å²) in [4.78, 5) is 12.1. The van der Waals surface area contributed by atoms with Crippen LogP contribution >= 0.6 is 31.9 Å². The molecule has 0 heterocycles. The third-order valence-corrected chi connectivity index (χ3v) is 4.11. The van der Waals surface area contributed by atoms with E-state index in [2.05, 4.69) is 44.1 Å². The number of hydrogen-bond donors (Lipinski definition) is 1. The molecule has 0 radical (unpaired) electrons. The Balaban J connectivity index is 2.79. The van der Waals surface area contributed by atoms with E-state index in [1.54, 1.807) is 0 Å². The van der Waals surface area contributed by atoms with Crippen LogP contribution in [0.5, 0.6) is 0 Å². The summed E-state index contributed by atoms with van der Waals surface area (Å²) in [6, 6.07) is 5.93. The Hall–Kier alpha value is -0.350. The Morgan fingerprint density at radius 1 is 1.47 bits per heavy atom. The first kappa shape index (κ1) is 14.7. The van der Waals surface area contributed by atoms with Crippen molar-refractivity contribution in [2.24, 2.45) is 0 Å². The summed E-state index contributed by atoms with van der Waals surface area (Å²) in [5, 5.41) is 3.97. The molecule has 94 valence electrons. The average molecular weight is 363 g/mol.